The van der Waals surface area contributed by atoms with Crippen LogP contribution in [0.5, 0.6) is 0 Å². The number of rotatable bonds is 4. The van der Waals surface area contributed by atoms with Gasteiger partial charge >= 0.3 is 0 Å². The second-order valence-corrected chi connectivity index (χ2v) is 8.13. The van der Waals surface area contributed by atoms with Gasteiger partial charge in [-0.25, -0.2) is 0 Å². The molecule has 0 aliphatic heterocycles. The van der Waals surface area contributed by atoms with Crippen LogP contribution in [0.3, 0.4) is 0 Å². The predicted molar refractivity (Wildman–Crippen MR) is 86.4 cm³/mol. The van der Waals surface area contributed by atoms with Crippen molar-refractivity contribution in [2.75, 3.05) is 6.54 Å². The molecule has 4 unspecified atom stereocenters. The van der Waals surface area contributed by atoms with E-state index in [1.807, 2.05) is 6.07 Å². The minimum absolute atomic E-state index is 0.358. The summed E-state index contributed by atoms with van der Waals surface area (Å²) >= 11 is 13.9. The normalized spacial score (nSPS) is 29.4. The monoisotopic (exact) mass is 319 g/mol. The van der Waals surface area contributed by atoms with Crippen molar-refractivity contribution in [3.63, 3.8) is 0 Å². The molecule has 1 fully saturated rings. The highest BCUT2D eigenvalue weighted by Gasteiger charge is 2.32. The van der Waals surface area contributed by atoms with Gasteiger partial charge in [0.1, 0.15) is 0 Å². The van der Waals surface area contributed by atoms with Crippen LogP contribution in [0.4, 0.5) is 0 Å². The Morgan fingerprint density at radius 1 is 1.32 bits per heavy atom. The van der Waals surface area contributed by atoms with E-state index in [-0.39, 0.29) is 0 Å². The highest BCUT2D eigenvalue weighted by Crippen LogP contribution is 2.44. The predicted octanol–water partition coefficient (Wildman–Crippen LogP) is 5.78. The summed E-state index contributed by atoms with van der Waals surface area (Å²) in [6.07, 6.45) is 3.89. The van der Waals surface area contributed by atoms with Gasteiger partial charge < -0.3 is 5.32 Å². The number of hydrogen-bond donors (Lipinski definition) is 1. The average Bonchev–Trinajstić information content (AvgIpc) is 2.69. The van der Waals surface area contributed by atoms with Gasteiger partial charge in [-0.3, -0.25) is 0 Å². The molecule has 0 saturated heterocycles. The lowest BCUT2D eigenvalue weighted by molar-refractivity contribution is 0.172. The van der Waals surface area contributed by atoms with Crippen LogP contribution < -0.4 is 5.32 Å². The first-order valence-electron chi connectivity index (χ1n) is 7.21. The van der Waals surface area contributed by atoms with Gasteiger partial charge in [0.25, 0.3) is 0 Å². The van der Waals surface area contributed by atoms with Crippen molar-refractivity contribution in [1.82, 2.24) is 5.32 Å². The molecular formula is C15H23Cl2NS. The maximum atomic E-state index is 6.35. The molecule has 0 aromatic carbocycles. The van der Waals surface area contributed by atoms with Crippen LogP contribution in [0, 0.1) is 17.8 Å². The fourth-order valence-corrected chi connectivity index (χ4v) is 4.76. The van der Waals surface area contributed by atoms with Gasteiger partial charge in [0.05, 0.1) is 8.67 Å². The Hall–Kier alpha value is 0.240. The Morgan fingerprint density at radius 2 is 2.05 bits per heavy atom. The molecule has 19 heavy (non-hydrogen) atoms. The van der Waals surface area contributed by atoms with Crippen molar-refractivity contribution in [2.24, 2.45) is 17.8 Å². The summed E-state index contributed by atoms with van der Waals surface area (Å²) in [6, 6.07) is 2.40. The zero-order valence-corrected chi connectivity index (χ0v) is 14.2. The van der Waals surface area contributed by atoms with Crippen LogP contribution in [0.1, 0.15) is 51.6 Å². The summed E-state index contributed by atoms with van der Waals surface area (Å²) in [5.41, 5.74) is 1.20. The lowest BCUT2D eigenvalue weighted by Gasteiger charge is -2.37. The first kappa shape index (κ1) is 15.6. The van der Waals surface area contributed by atoms with Crippen LogP contribution in [-0.2, 0) is 0 Å². The van der Waals surface area contributed by atoms with Gasteiger partial charge in [0.15, 0.2) is 0 Å². The Kier molecular flexibility index (Phi) is 5.59. The quantitative estimate of drug-likeness (QED) is 0.741. The third kappa shape index (κ3) is 3.66. The van der Waals surface area contributed by atoms with E-state index in [1.165, 1.54) is 36.2 Å². The third-order valence-electron chi connectivity index (χ3n) is 4.55. The maximum absolute atomic E-state index is 6.35. The van der Waals surface area contributed by atoms with E-state index in [0.29, 0.717) is 12.0 Å². The van der Waals surface area contributed by atoms with Gasteiger partial charge in [-0.05, 0) is 43.2 Å². The lowest BCUT2D eigenvalue weighted by Crippen LogP contribution is -2.33. The van der Waals surface area contributed by atoms with Crippen molar-refractivity contribution < 1.29 is 0 Å². The standard InChI is InChI=1S/C15H23Cl2NS/c1-4-18-14(12-8-13(16)19-15(12)17)11-6-5-9(2)10(3)7-11/h8-11,14,18H,4-7H2,1-3H3. The first-order chi connectivity index (χ1) is 9.02. The van der Waals surface area contributed by atoms with E-state index >= 15 is 0 Å². The second-order valence-electron chi connectivity index (χ2n) is 5.84. The van der Waals surface area contributed by atoms with Gasteiger partial charge in [0, 0.05) is 11.6 Å². The molecule has 1 nitrogen and oxygen atoms in total. The van der Waals surface area contributed by atoms with E-state index in [0.717, 1.165) is 27.1 Å². The fourth-order valence-electron chi connectivity index (χ4n) is 3.21. The minimum Gasteiger partial charge on any atom is -0.310 e. The molecule has 1 aromatic heterocycles. The van der Waals surface area contributed by atoms with Crippen LogP contribution in [0.25, 0.3) is 0 Å². The van der Waals surface area contributed by atoms with E-state index in [4.69, 9.17) is 23.2 Å². The third-order valence-corrected chi connectivity index (χ3v) is 6.07. The van der Waals surface area contributed by atoms with E-state index < -0.39 is 0 Å². The van der Waals surface area contributed by atoms with Crippen LogP contribution in [0.15, 0.2) is 6.07 Å². The van der Waals surface area contributed by atoms with Crippen molar-refractivity contribution in [1.29, 1.82) is 0 Å². The lowest BCUT2D eigenvalue weighted by atomic mass is 9.72. The molecule has 108 valence electrons. The zero-order valence-electron chi connectivity index (χ0n) is 11.9. The number of thiophene rings is 1. The number of halogens is 2. The molecule has 0 bridgehead atoms. The molecule has 1 saturated carbocycles. The van der Waals surface area contributed by atoms with Crippen molar-refractivity contribution >= 4 is 34.5 Å². The summed E-state index contributed by atoms with van der Waals surface area (Å²) in [4.78, 5) is 0. The molecule has 4 heteroatoms. The summed E-state index contributed by atoms with van der Waals surface area (Å²) < 4.78 is 1.64. The van der Waals surface area contributed by atoms with E-state index in [1.54, 1.807) is 0 Å². The van der Waals surface area contributed by atoms with E-state index in [9.17, 15) is 0 Å². The second kappa shape index (κ2) is 6.80. The maximum Gasteiger partial charge on any atom is 0.0992 e. The topological polar surface area (TPSA) is 12.0 Å². The van der Waals surface area contributed by atoms with Crippen molar-refractivity contribution in [3.8, 4) is 0 Å². The highest BCUT2D eigenvalue weighted by molar-refractivity contribution is 7.20. The smallest absolute Gasteiger partial charge is 0.0992 e. The molecule has 1 aromatic rings. The van der Waals surface area contributed by atoms with Gasteiger partial charge in [0.2, 0.25) is 0 Å². The Bertz CT molecular complexity index is 418. The molecular weight excluding hydrogens is 297 g/mol. The molecule has 0 amide bonds. The largest absolute Gasteiger partial charge is 0.310 e. The minimum atomic E-state index is 0.358. The molecule has 0 radical (unpaired) electrons. The average molecular weight is 320 g/mol. The first-order valence-corrected chi connectivity index (χ1v) is 8.78. The molecule has 1 N–H and O–H groups in total. The Labute approximate surface area is 130 Å². The van der Waals surface area contributed by atoms with Crippen molar-refractivity contribution in [3.05, 3.63) is 20.3 Å². The highest BCUT2D eigenvalue weighted by atomic mass is 35.5. The van der Waals surface area contributed by atoms with Crippen LogP contribution in [0.2, 0.25) is 8.67 Å². The Balaban J connectivity index is 2.18. The summed E-state index contributed by atoms with van der Waals surface area (Å²) in [7, 11) is 0. The summed E-state index contributed by atoms with van der Waals surface area (Å²) in [5, 5.41) is 3.62. The van der Waals surface area contributed by atoms with Crippen molar-refractivity contribution in [2.45, 2.75) is 46.1 Å². The molecule has 1 heterocycles. The number of nitrogens with one attached hydrogen (secondary N) is 1. The van der Waals surface area contributed by atoms with Gasteiger partial charge in [-0.1, -0.05) is 50.4 Å². The van der Waals surface area contributed by atoms with E-state index in [2.05, 4.69) is 26.1 Å². The van der Waals surface area contributed by atoms with Crippen LogP contribution >= 0.6 is 34.5 Å². The van der Waals surface area contributed by atoms with Gasteiger partial charge in [-0.2, -0.15) is 0 Å². The SMILES string of the molecule is CCNC(c1cc(Cl)sc1Cl)C1CCC(C)C(C)C1. The zero-order chi connectivity index (χ0) is 14.0. The summed E-state index contributed by atoms with van der Waals surface area (Å²) in [5.74, 6) is 2.32. The summed E-state index contributed by atoms with van der Waals surface area (Å²) in [6.45, 7) is 7.87. The molecule has 2 rings (SSSR count). The molecule has 0 spiro atoms. The van der Waals surface area contributed by atoms with Gasteiger partial charge in [-0.15, -0.1) is 11.3 Å². The van der Waals surface area contributed by atoms with Crippen LogP contribution in [-0.4, -0.2) is 6.54 Å². The molecule has 4 atom stereocenters. The molecule has 1 aliphatic rings. The molecule has 1 aliphatic carbocycles. The Morgan fingerprint density at radius 3 is 2.58 bits per heavy atom. The number of hydrogen-bond acceptors (Lipinski definition) is 2. The fraction of sp³-hybridized carbons (Fsp3) is 0.733.